The third kappa shape index (κ3) is 3.31. The highest BCUT2D eigenvalue weighted by molar-refractivity contribution is 7.94. The number of benzene rings is 1. The van der Waals surface area contributed by atoms with Crippen LogP contribution in [-0.4, -0.2) is 24.7 Å². The topological polar surface area (TPSA) is 83.5 Å². The number of carboxylic acids is 1. The Morgan fingerprint density at radius 3 is 2.65 bits per heavy atom. The predicted molar refractivity (Wildman–Crippen MR) is 61.1 cm³/mol. The molecule has 0 spiro atoms. The number of rotatable bonds is 4. The monoisotopic (exact) mass is 281 g/mol. The lowest BCUT2D eigenvalue weighted by Gasteiger charge is -2.11. The fourth-order valence-electron chi connectivity index (χ4n) is 0.950. The van der Waals surface area contributed by atoms with Crippen molar-refractivity contribution in [2.45, 2.75) is 12.2 Å². The first-order valence-corrected chi connectivity index (χ1v) is 6.36. The van der Waals surface area contributed by atoms with E-state index in [1.54, 1.807) is 0 Å². The van der Waals surface area contributed by atoms with Crippen LogP contribution in [0.3, 0.4) is 0 Å². The fraction of sp³-hybridized carbons (Fsp3) is 0.222. The molecular formula is C9H9ClFNO4S. The molecule has 0 radical (unpaired) electrons. The largest absolute Gasteiger partial charge is 0.480 e. The fourth-order valence-corrected chi connectivity index (χ4v) is 2.03. The molecule has 1 aromatic rings. The van der Waals surface area contributed by atoms with Gasteiger partial charge in [-0.05, 0) is 25.1 Å². The molecule has 1 rings (SSSR count). The third-order valence-corrected chi connectivity index (χ3v) is 3.87. The first-order valence-electron chi connectivity index (χ1n) is 4.43. The summed E-state index contributed by atoms with van der Waals surface area (Å²) in [6.45, 7) is 0.979. The number of sulfonamides is 1. The highest BCUT2D eigenvalue weighted by atomic mass is 35.5. The van der Waals surface area contributed by atoms with Crippen LogP contribution in [0.2, 0.25) is 5.02 Å². The van der Waals surface area contributed by atoms with Gasteiger partial charge in [-0.1, -0.05) is 11.6 Å². The Hall–Kier alpha value is -1.34. The quantitative estimate of drug-likeness (QED) is 0.880. The number of nitrogens with one attached hydrogen (secondary N) is 1. The molecule has 5 nitrogen and oxygen atoms in total. The molecule has 1 atom stereocenters. The van der Waals surface area contributed by atoms with E-state index in [-0.39, 0.29) is 10.7 Å². The normalized spacial score (nSPS) is 13.1. The van der Waals surface area contributed by atoms with E-state index < -0.39 is 27.1 Å². The van der Waals surface area contributed by atoms with Gasteiger partial charge in [-0.2, -0.15) is 0 Å². The first kappa shape index (κ1) is 13.7. The zero-order valence-electron chi connectivity index (χ0n) is 8.65. The van der Waals surface area contributed by atoms with Crippen molar-refractivity contribution < 1.29 is 22.7 Å². The maximum Gasteiger partial charge on any atom is 0.323 e. The van der Waals surface area contributed by atoms with Crippen LogP contribution in [0.25, 0.3) is 0 Å². The van der Waals surface area contributed by atoms with Gasteiger partial charge in [0.1, 0.15) is 5.82 Å². The Morgan fingerprint density at radius 2 is 2.12 bits per heavy atom. The van der Waals surface area contributed by atoms with Crippen LogP contribution in [0.5, 0.6) is 0 Å². The Bertz CT molecular complexity index is 546. The summed E-state index contributed by atoms with van der Waals surface area (Å²) >= 11 is 5.57. The molecule has 0 saturated carbocycles. The van der Waals surface area contributed by atoms with Crippen molar-refractivity contribution in [2.24, 2.45) is 0 Å². The van der Waals surface area contributed by atoms with Crippen molar-refractivity contribution in [3.63, 3.8) is 0 Å². The van der Waals surface area contributed by atoms with Crippen LogP contribution in [0.15, 0.2) is 18.2 Å². The van der Waals surface area contributed by atoms with Gasteiger partial charge < -0.3 is 5.11 Å². The lowest BCUT2D eigenvalue weighted by atomic mass is 10.3. The Balaban J connectivity index is 3.06. The lowest BCUT2D eigenvalue weighted by molar-refractivity contribution is -0.136. The van der Waals surface area contributed by atoms with E-state index in [0.717, 1.165) is 19.1 Å². The van der Waals surface area contributed by atoms with Crippen molar-refractivity contribution in [2.75, 3.05) is 4.72 Å². The summed E-state index contributed by atoms with van der Waals surface area (Å²) in [4.78, 5) is 10.5. The molecule has 0 amide bonds. The molecule has 0 heterocycles. The molecule has 0 saturated heterocycles. The van der Waals surface area contributed by atoms with Crippen molar-refractivity contribution in [1.29, 1.82) is 0 Å². The highest BCUT2D eigenvalue weighted by Crippen LogP contribution is 2.21. The summed E-state index contributed by atoms with van der Waals surface area (Å²) in [7, 11) is -4.20. The standard InChI is InChI=1S/C9H9ClFNO4S/c1-5(9(13)14)17(15,16)12-8-4-6(10)2-3-7(8)11/h2-5,12H,1H3,(H,13,14). The molecule has 0 aliphatic rings. The number of aliphatic carboxylic acids is 1. The van der Waals surface area contributed by atoms with E-state index in [0.29, 0.717) is 0 Å². The van der Waals surface area contributed by atoms with Crippen molar-refractivity contribution in [3.05, 3.63) is 29.0 Å². The van der Waals surface area contributed by atoms with E-state index in [4.69, 9.17) is 16.7 Å². The van der Waals surface area contributed by atoms with E-state index in [1.165, 1.54) is 6.07 Å². The molecule has 1 aromatic carbocycles. The minimum Gasteiger partial charge on any atom is -0.480 e. The van der Waals surface area contributed by atoms with Gasteiger partial charge in [-0.15, -0.1) is 0 Å². The number of hydrogen-bond donors (Lipinski definition) is 2. The van der Waals surface area contributed by atoms with Crippen molar-refractivity contribution >= 4 is 33.3 Å². The molecule has 1 unspecified atom stereocenters. The van der Waals surface area contributed by atoms with Crippen LogP contribution in [-0.2, 0) is 14.8 Å². The Kier molecular flexibility index (Phi) is 3.94. The van der Waals surface area contributed by atoms with E-state index >= 15 is 0 Å². The number of anilines is 1. The predicted octanol–water partition coefficient (Wildman–Crippen LogP) is 1.69. The zero-order chi connectivity index (χ0) is 13.2. The van der Waals surface area contributed by atoms with Crippen molar-refractivity contribution in [3.8, 4) is 0 Å². The van der Waals surface area contributed by atoms with Gasteiger partial charge in [0.2, 0.25) is 10.0 Å². The molecule has 0 aliphatic heterocycles. The van der Waals surface area contributed by atoms with Crippen molar-refractivity contribution in [1.82, 2.24) is 0 Å². The zero-order valence-corrected chi connectivity index (χ0v) is 10.2. The average molecular weight is 282 g/mol. The second-order valence-electron chi connectivity index (χ2n) is 3.25. The van der Waals surface area contributed by atoms with Gasteiger partial charge in [0.15, 0.2) is 5.25 Å². The number of halogens is 2. The first-order chi connectivity index (χ1) is 7.74. The Morgan fingerprint density at radius 1 is 1.53 bits per heavy atom. The van der Waals surface area contributed by atoms with Gasteiger partial charge in [-0.25, -0.2) is 12.8 Å². The molecule has 94 valence electrons. The smallest absolute Gasteiger partial charge is 0.323 e. The van der Waals surface area contributed by atoms with Crippen LogP contribution >= 0.6 is 11.6 Å². The number of hydrogen-bond acceptors (Lipinski definition) is 3. The van der Waals surface area contributed by atoms with Gasteiger partial charge in [0, 0.05) is 5.02 Å². The maximum absolute atomic E-state index is 13.2. The van der Waals surface area contributed by atoms with Crippen LogP contribution < -0.4 is 4.72 Å². The van der Waals surface area contributed by atoms with Crippen LogP contribution in [0.1, 0.15) is 6.92 Å². The van der Waals surface area contributed by atoms with E-state index in [1.807, 2.05) is 4.72 Å². The molecule has 0 aliphatic carbocycles. The molecule has 0 bridgehead atoms. The molecule has 8 heteroatoms. The average Bonchev–Trinajstić information content (AvgIpc) is 2.21. The second kappa shape index (κ2) is 4.89. The van der Waals surface area contributed by atoms with Gasteiger partial charge >= 0.3 is 5.97 Å². The number of carbonyl (C=O) groups is 1. The highest BCUT2D eigenvalue weighted by Gasteiger charge is 2.28. The molecular weight excluding hydrogens is 273 g/mol. The summed E-state index contributed by atoms with van der Waals surface area (Å²) in [5.41, 5.74) is -0.384. The van der Waals surface area contributed by atoms with E-state index in [2.05, 4.69) is 0 Å². The summed E-state index contributed by atoms with van der Waals surface area (Å²) in [6.07, 6.45) is 0. The SMILES string of the molecule is CC(C(=O)O)S(=O)(=O)Nc1cc(Cl)ccc1F. The summed E-state index contributed by atoms with van der Waals surface area (Å²) in [6, 6.07) is 3.28. The number of carboxylic acid groups (broad SMARTS) is 1. The molecule has 2 N–H and O–H groups in total. The molecule has 0 fully saturated rings. The van der Waals surface area contributed by atoms with Gasteiger partial charge in [-0.3, -0.25) is 9.52 Å². The van der Waals surface area contributed by atoms with Gasteiger partial charge in [0.05, 0.1) is 5.69 Å². The Labute approximate surface area is 102 Å². The lowest BCUT2D eigenvalue weighted by Crippen LogP contribution is -2.32. The minimum absolute atomic E-state index is 0.132. The maximum atomic E-state index is 13.2. The summed E-state index contributed by atoms with van der Waals surface area (Å²) < 4.78 is 38.1. The van der Waals surface area contributed by atoms with E-state index in [9.17, 15) is 17.6 Å². The second-order valence-corrected chi connectivity index (χ2v) is 5.69. The summed E-state index contributed by atoms with van der Waals surface area (Å²) in [5.74, 6) is -2.37. The molecule has 17 heavy (non-hydrogen) atoms. The summed E-state index contributed by atoms with van der Waals surface area (Å²) in [5, 5.41) is 7.02. The minimum atomic E-state index is -4.20. The molecule has 0 aromatic heterocycles. The van der Waals surface area contributed by atoms with Crippen LogP contribution in [0, 0.1) is 5.82 Å². The third-order valence-electron chi connectivity index (χ3n) is 1.99. The van der Waals surface area contributed by atoms with Crippen LogP contribution in [0.4, 0.5) is 10.1 Å². The van der Waals surface area contributed by atoms with Gasteiger partial charge in [0.25, 0.3) is 0 Å².